The highest BCUT2D eigenvalue weighted by atomic mass is 32.2. The quantitative estimate of drug-likeness (QED) is 0.198. The first-order chi connectivity index (χ1) is 11.8. The summed E-state index contributed by atoms with van der Waals surface area (Å²) in [6.45, 7) is 2.15. The van der Waals surface area contributed by atoms with E-state index in [0.29, 0.717) is 6.42 Å². The topological polar surface area (TPSA) is 26.3 Å². The molecule has 0 aliphatic carbocycles. The minimum Gasteiger partial charge on any atom is -0.392 e. The van der Waals surface area contributed by atoms with Crippen LogP contribution >= 0.6 is 12.0 Å². The van der Waals surface area contributed by atoms with Gasteiger partial charge in [0.1, 0.15) is 0 Å². The summed E-state index contributed by atoms with van der Waals surface area (Å²) in [5.74, 6) is -0.130. The summed E-state index contributed by atoms with van der Waals surface area (Å²) in [5, 5.41) is 0. The molecule has 0 aromatic carbocycles. The van der Waals surface area contributed by atoms with Crippen LogP contribution in [0.3, 0.4) is 0 Å². The maximum absolute atomic E-state index is 11.1. The van der Waals surface area contributed by atoms with Gasteiger partial charge in [0, 0.05) is 12.7 Å². The maximum atomic E-state index is 11.1. The largest absolute Gasteiger partial charge is 0.392 e. The first-order valence-corrected chi connectivity index (χ1v) is 9.94. The van der Waals surface area contributed by atoms with Gasteiger partial charge in [-0.25, -0.2) is 0 Å². The van der Waals surface area contributed by atoms with E-state index in [1.165, 1.54) is 0 Å². The van der Waals surface area contributed by atoms with E-state index < -0.39 is 0 Å². The van der Waals surface area contributed by atoms with Crippen LogP contribution in [-0.4, -0.2) is 12.2 Å². The van der Waals surface area contributed by atoms with Crippen molar-refractivity contribution in [2.24, 2.45) is 0 Å². The fourth-order valence-corrected chi connectivity index (χ4v) is 2.14. The summed E-state index contributed by atoms with van der Waals surface area (Å²) in [7, 11) is 0. The number of rotatable bonds is 14. The minimum absolute atomic E-state index is 0.130. The van der Waals surface area contributed by atoms with Crippen LogP contribution in [0.1, 0.15) is 58.3 Å². The van der Waals surface area contributed by atoms with Crippen molar-refractivity contribution in [3.8, 4) is 0 Å². The van der Waals surface area contributed by atoms with Gasteiger partial charge in [-0.2, -0.15) is 0 Å². The van der Waals surface area contributed by atoms with Crippen LogP contribution in [0, 0.1) is 0 Å². The molecule has 0 aliphatic heterocycles. The lowest BCUT2D eigenvalue weighted by Gasteiger charge is -1.96. The van der Waals surface area contributed by atoms with Gasteiger partial charge in [-0.1, -0.05) is 67.7 Å². The Bertz CT molecular complexity index is 431. The molecule has 3 heteroatoms. The van der Waals surface area contributed by atoms with E-state index in [0.717, 1.165) is 57.0 Å². The molecule has 0 atom stereocenters. The van der Waals surface area contributed by atoms with Crippen LogP contribution in [0.4, 0.5) is 0 Å². The Kier molecular flexibility index (Phi) is 18.4. The third kappa shape index (κ3) is 18.6. The number of hydrogen-bond donors (Lipinski definition) is 0. The summed E-state index contributed by atoms with van der Waals surface area (Å²) in [4.78, 5) is 11.1. The Hall–Kier alpha value is -1.48. The van der Waals surface area contributed by atoms with Crippen molar-refractivity contribution in [2.75, 3.05) is 6.26 Å². The lowest BCUT2D eigenvalue weighted by Crippen LogP contribution is -1.96. The lowest BCUT2D eigenvalue weighted by molar-refractivity contribution is -0.133. The van der Waals surface area contributed by atoms with Gasteiger partial charge in [-0.3, -0.25) is 4.79 Å². The van der Waals surface area contributed by atoms with E-state index in [4.69, 9.17) is 4.18 Å². The molecule has 0 aliphatic rings. The molecule has 0 saturated carbocycles. The Morgan fingerprint density at radius 3 is 1.71 bits per heavy atom. The van der Waals surface area contributed by atoms with E-state index in [1.807, 2.05) is 0 Å². The molecule has 0 aromatic rings. The number of carbonyl (C=O) groups excluding carboxylic acids is 1. The van der Waals surface area contributed by atoms with E-state index in [9.17, 15) is 4.79 Å². The van der Waals surface area contributed by atoms with E-state index >= 15 is 0 Å². The second kappa shape index (κ2) is 19.6. The molecular weight excluding hydrogens is 316 g/mol. The monoisotopic (exact) mass is 348 g/mol. The first-order valence-electron chi connectivity index (χ1n) is 8.79. The molecule has 0 spiro atoms. The third-order valence-electron chi connectivity index (χ3n) is 3.09. The Labute approximate surface area is 152 Å². The van der Waals surface area contributed by atoms with Gasteiger partial charge in [0.2, 0.25) is 0 Å². The number of allylic oxidation sites excluding steroid dienone is 10. The van der Waals surface area contributed by atoms with Crippen molar-refractivity contribution in [3.63, 3.8) is 0 Å². The predicted molar refractivity (Wildman–Crippen MR) is 108 cm³/mol. The molecular formula is C21H32O2S. The molecule has 0 bridgehead atoms. The third-order valence-corrected chi connectivity index (χ3v) is 3.44. The van der Waals surface area contributed by atoms with Crippen molar-refractivity contribution in [1.82, 2.24) is 0 Å². The summed E-state index contributed by atoms with van der Waals surface area (Å²) in [6, 6.07) is 0. The zero-order valence-electron chi connectivity index (χ0n) is 15.2. The van der Waals surface area contributed by atoms with Crippen LogP contribution in [0.5, 0.6) is 0 Å². The van der Waals surface area contributed by atoms with Crippen LogP contribution in [0.15, 0.2) is 60.8 Å². The van der Waals surface area contributed by atoms with Crippen LogP contribution in [0.25, 0.3) is 0 Å². The van der Waals surface area contributed by atoms with Crippen molar-refractivity contribution in [2.45, 2.75) is 58.3 Å². The fraction of sp³-hybridized carbons (Fsp3) is 0.476. The molecule has 0 heterocycles. The molecule has 134 valence electrons. The lowest BCUT2D eigenvalue weighted by atomic mass is 10.2. The molecule has 0 amide bonds. The van der Waals surface area contributed by atoms with Crippen LogP contribution < -0.4 is 0 Å². The Morgan fingerprint density at radius 2 is 1.25 bits per heavy atom. The molecule has 0 N–H and O–H groups in total. The molecule has 2 nitrogen and oxygen atoms in total. The second-order valence-corrected chi connectivity index (χ2v) is 5.72. The van der Waals surface area contributed by atoms with Gasteiger partial charge < -0.3 is 4.18 Å². The van der Waals surface area contributed by atoms with E-state index in [1.54, 1.807) is 6.26 Å². The van der Waals surface area contributed by atoms with Crippen LogP contribution in [-0.2, 0) is 8.98 Å². The number of carbonyl (C=O) groups is 1. The summed E-state index contributed by atoms with van der Waals surface area (Å²) in [5.41, 5.74) is 0. The number of unbranched alkanes of at least 4 members (excludes halogenated alkanes) is 1. The first kappa shape index (κ1) is 22.5. The SMILES string of the molecule is CCC=CCC=CCC=CCC=CCC=CCCCC(=O)OSC. The average molecular weight is 349 g/mol. The zero-order valence-corrected chi connectivity index (χ0v) is 16.0. The van der Waals surface area contributed by atoms with Gasteiger partial charge in [-0.05, 0) is 44.9 Å². The summed E-state index contributed by atoms with van der Waals surface area (Å²) in [6.07, 6.45) is 31.0. The zero-order chi connectivity index (χ0) is 17.7. The molecule has 0 rings (SSSR count). The van der Waals surface area contributed by atoms with Gasteiger partial charge in [0.05, 0.1) is 12.0 Å². The maximum Gasteiger partial charge on any atom is 0.317 e. The summed E-state index contributed by atoms with van der Waals surface area (Å²) < 4.78 is 4.80. The Balaban J connectivity index is 3.48. The van der Waals surface area contributed by atoms with E-state index in [2.05, 4.69) is 67.7 Å². The average Bonchev–Trinajstić information content (AvgIpc) is 2.58. The predicted octanol–water partition coefficient (Wildman–Crippen LogP) is 6.73. The second-order valence-electron chi connectivity index (χ2n) is 5.22. The highest BCUT2D eigenvalue weighted by Crippen LogP contribution is 2.04. The van der Waals surface area contributed by atoms with Gasteiger partial charge in [0.15, 0.2) is 0 Å². The molecule has 24 heavy (non-hydrogen) atoms. The van der Waals surface area contributed by atoms with Crippen LogP contribution in [0.2, 0.25) is 0 Å². The van der Waals surface area contributed by atoms with Crippen molar-refractivity contribution in [3.05, 3.63) is 60.8 Å². The van der Waals surface area contributed by atoms with Gasteiger partial charge in [-0.15, -0.1) is 0 Å². The molecule has 0 aromatic heterocycles. The molecule has 0 radical (unpaired) electrons. The molecule has 0 unspecified atom stereocenters. The van der Waals surface area contributed by atoms with Gasteiger partial charge >= 0.3 is 5.97 Å². The van der Waals surface area contributed by atoms with Crippen molar-refractivity contribution in [1.29, 1.82) is 0 Å². The molecule has 0 saturated heterocycles. The summed E-state index contributed by atoms with van der Waals surface area (Å²) >= 11 is 1.11. The van der Waals surface area contributed by atoms with Crippen molar-refractivity contribution >= 4 is 18.0 Å². The number of hydrogen-bond acceptors (Lipinski definition) is 3. The fourth-order valence-electron chi connectivity index (χ4n) is 1.87. The smallest absolute Gasteiger partial charge is 0.317 e. The normalized spacial score (nSPS) is 12.6. The van der Waals surface area contributed by atoms with Gasteiger partial charge in [0.25, 0.3) is 0 Å². The van der Waals surface area contributed by atoms with Crippen molar-refractivity contribution < 1.29 is 8.98 Å². The highest BCUT2D eigenvalue weighted by Gasteiger charge is 1.99. The standard InChI is InChI=1S/C21H32O2S/c1-3-4-5-6-7-8-9-10-11-12-13-14-15-16-17-18-19-20-21(22)23-24-2/h4-5,7-8,10-11,13-14,16-17H,3,6,9,12,15,18-20H2,1-2H3. The van der Waals surface area contributed by atoms with E-state index in [-0.39, 0.29) is 5.97 Å². The minimum atomic E-state index is -0.130. The molecule has 0 fully saturated rings. The Morgan fingerprint density at radius 1 is 0.792 bits per heavy atom. The highest BCUT2D eigenvalue weighted by molar-refractivity contribution is 7.94.